The van der Waals surface area contributed by atoms with E-state index in [1.165, 1.54) is 20.9 Å². The third kappa shape index (κ3) is 5.66. The Morgan fingerprint density at radius 3 is 1.84 bits per heavy atom. The molecule has 2 aliphatic rings. The van der Waals surface area contributed by atoms with Gasteiger partial charge < -0.3 is 5.73 Å². The fourth-order valence-corrected chi connectivity index (χ4v) is 6.15. The van der Waals surface area contributed by atoms with E-state index in [0.29, 0.717) is 11.4 Å². The van der Waals surface area contributed by atoms with Crippen molar-refractivity contribution in [1.82, 2.24) is 4.98 Å². The number of rotatable bonds is 4. The molecule has 3 heterocycles. The molecule has 0 atom stereocenters. The predicted molar refractivity (Wildman–Crippen MR) is 160 cm³/mol. The molecule has 0 fully saturated rings. The van der Waals surface area contributed by atoms with Gasteiger partial charge in [-0.25, -0.2) is 0 Å². The van der Waals surface area contributed by atoms with Crippen molar-refractivity contribution in [1.29, 1.82) is 10.8 Å². The van der Waals surface area contributed by atoms with Gasteiger partial charge in [-0.15, -0.1) is 22.7 Å². The van der Waals surface area contributed by atoms with Gasteiger partial charge in [-0.3, -0.25) is 15.8 Å². The Hall–Kier alpha value is -4.13. The Morgan fingerprint density at radius 2 is 1.27 bits per heavy atom. The van der Waals surface area contributed by atoms with Gasteiger partial charge in [0.05, 0.1) is 11.4 Å². The first-order valence-corrected chi connectivity index (χ1v) is 13.6. The van der Waals surface area contributed by atoms with Gasteiger partial charge in [-0.1, -0.05) is 60.7 Å². The van der Waals surface area contributed by atoms with Crippen LogP contribution in [0.1, 0.15) is 27.5 Å². The molecule has 6 heteroatoms. The van der Waals surface area contributed by atoms with Gasteiger partial charge in [-0.2, -0.15) is 0 Å². The van der Waals surface area contributed by atoms with Crippen LogP contribution in [-0.4, -0.2) is 16.4 Å². The van der Waals surface area contributed by atoms with Crippen LogP contribution >= 0.6 is 22.7 Å². The molecule has 1 aromatic carbocycles. The van der Waals surface area contributed by atoms with E-state index in [0.717, 1.165) is 39.4 Å². The van der Waals surface area contributed by atoms with Gasteiger partial charge >= 0.3 is 0 Å². The number of nitrogen functional groups attached to an aromatic ring is 1. The lowest BCUT2D eigenvalue weighted by Crippen LogP contribution is -2.17. The Labute approximate surface area is 224 Å². The Morgan fingerprint density at radius 1 is 0.676 bits per heavy atom. The third-order valence-corrected chi connectivity index (χ3v) is 8.33. The molecule has 0 bridgehead atoms. The summed E-state index contributed by atoms with van der Waals surface area (Å²) in [6.07, 6.45) is 16.2. The highest BCUT2D eigenvalue weighted by atomic mass is 32.1. The molecule has 3 aromatic heterocycles. The quantitative estimate of drug-likeness (QED) is 0.237. The molecule has 0 unspecified atom stereocenters. The smallest absolute Gasteiger partial charge is 0.0882 e. The van der Waals surface area contributed by atoms with E-state index in [-0.39, 0.29) is 0 Å². The van der Waals surface area contributed by atoms with E-state index in [2.05, 4.69) is 59.6 Å². The summed E-state index contributed by atoms with van der Waals surface area (Å²) in [4.78, 5) is 8.25. The minimum absolute atomic E-state index is 0.292. The topological polar surface area (TPSA) is 86.6 Å². The molecule has 4 nitrogen and oxygen atoms in total. The molecule has 4 aromatic rings. The third-order valence-electron chi connectivity index (χ3n) is 5.99. The Bertz CT molecular complexity index is 1550. The number of benzene rings is 1. The second kappa shape index (κ2) is 11.3. The molecule has 0 spiro atoms. The average molecular weight is 519 g/mol. The van der Waals surface area contributed by atoms with Crippen LogP contribution in [0, 0.1) is 10.8 Å². The fraction of sp³-hybridized carbons (Fsp3) is 0.0645. The molecule has 4 N–H and O–H groups in total. The van der Waals surface area contributed by atoms with Crippen molar-refractivity contribution in [3.05, 3.63) is 124 Å². The molecule has 0 radical (unpaired) electrons. The van der Waals surface area contributed by atoms with Crippen molar-refractivity contribution in [2.75, 3.05) is 5.73 Å². The van der Waals surface area contributed by atoms with Crippen LogP contribution in [-0.2, 0) is 0 Å². The number of hydrogen-bond acceptors (Lipinski definition) is 6. The average Bonchev–Trinajstić information content (AvgIpc) is 3.63. The normalized spacial score (nSPS) is 14.9. The highest BCUT2D eigenvalue weighted by molar-refractivity contribution is 7.17. The van der Waals surface area contributed by atoms with Crippen LogP contribution in [0.25, 0.3) is 27.2 Å². The second-order valence-corrected chi connectivity index (χ2v) is 10.7. The number of allylic oxidation sites excluding steroid dienone is 8. The van der Waals surface area contributed by atoms with Crippen LogP contribution in [0.4, 0.5) is 5.69 Å². The summed E-state index contributed by atoms with van der Waals surface area (Å²) in [6, 6.07) is 22.2. The molecule has 6 rings (SSSR count). The number of pyridine rings is 1. The molecule has 0 amide bonds. The largest absolute Gasteiger partial charge is 0.399 e. The Kier molecular flexibility index (Phi) is 7.49. The van der Waals surface area contributed by atoms with Crippen molar-refractivity contribution < 1.29 is 0 Å². The maximum absolute atomic E-state index is 8.64. The van der Waals surface area contributed by atoms with Crippen molar-refractivity contribution in [2.24, 2.45) is 0 Å². The maximum atomic E-state index is 8.64. The predicted octanol–water partition coefficient (Wildman–Crippen LogP) is 8.39. The van der Waals surface area contributed by atoms with Crippen molar-refractivity contribution in [3.63, 3.8) is 0 Å². The van der Waals surface area contributed by atoms with Gasteiger partial charge in [0.2, 0.25) is 0 Å². The molecule has 37 heavy (non-hydrogen) atoms. The van der Waals surface area contributed by atoms with E-state index in [1.807, 2.05) is 30.4 Å². The summed E-state index contributed by atoms with van der Waals surface area (Å²) in [7, 11) is 0. The van der Waals surface area contributed by atoms with Crippen LogP contribution in [0.3, 0.4) is 0 Å². The van der Waals surface area contributed by atoms with Crippen LogP contribution in [0.15, 0.2) is 110 Å². The molecule has 0 aliphatic heterocycles. The minimum Gasteiger partial charge on any atom is -0.399 e. The van der Waals surface area contributed by atoms with Gasteiger partial charge in [0.25, 0.3) is 0 Å². The van der Waals surface area contributed by atoms with Gasteiger partial charge in [0.1, 0.15) is 0 Å². The molecule has 2 aliphatic carbocycles. The zero-order valence-electron chi connectivity index (χ0n) is 20.1. The number of nitrogens with two attached hydrogens (primary N) is 1. The van der Waals surface area contributed by atoms with Crippen molar-refractivity contribution in [2.45, 2.75) is 12.8 Å². The number of thiophene rings is 2. The molecule has 0 saturated carbocycles. The summed E-state index contributed by atoms with van der Waals surface area (Å²) >= 11 is 3.37. The molecular formula is C31H26N4S2. The van der Waals surface area contributed by atoms with Crippen molar-refractivity contribution in [3.8, 4) is 10.4 Å². The van der Waals surface area contributed by atoms with Crippen molar-refractivity contribution >= 4 is 56.5 Å². The number of anilines is 1. The lowest BCUT2D eigenvalue weighted by molar-refractivity contribution is 1.04. The first kappa shape index (κ1) is 24.6. The van der Waals surface area contributed by atoms with Gasteiger partial charge in [0, 0.05) is 48.7 Å². The second-order valence-electron chi connectivity index (χ2n) is 8.52. The zero-order valence-corrected chi connectivity index (χ0v) is 21.8. The first-order valence-electron chi connectivity index (χ1n) is 12.0. The number of aromatic nitrogens is 1. The highest BCUT2D eigenvalue weighted by Crippen LogP contribution is 2.37. The van der Waals surface area contributed by atoms with Crippen LogP contribution in [0.2, 0.25) is 0 Å². The fourth-order valence-electron chi connectivity index (χ4n) is 4.05. The van der Waals surface area contributed by atoms with Gasteiger partial charge in [0.15, 0.2) is 0 Å². The van der Waals surface area contributed by atoms with E-state index >= 15 is 0 Å². The van der Waals surface area contributed by atoms with Crippen LogP contribution in [0.5, 0.6) is 0 Å². The van der Waals surface area contributed by atoms with Crippen LogP contribution < -0.4 is 5.73 Å². The molecular weight excluding hydrogens is 493 g/mol. The summed E-state index contributed by atoms with van der Waals surface area (Å²) in [6.45, 7) is 0. The number of hydrogen-bond donors (Lipinski definition) is 3. The highest BCUT2D eigenvalue weighted by Gasteiger charge is 2.23. The number of nitrogens with zero attached hydrogens (tertiary/aromatic N) is 1. The first-order chi connectivity index (χ1) is 18.1. The van der Waals surface area contributed by atoms with Gasteiger partial charge in [-0.05, 0) is 60.4 Å². The SMILES string of the molecule is N=C1C(=N)C(c2ccc(-c3ccccc3)s2)=CC=C1c1ccc(C2=CCCC=C2)s1.Nc1ccncc1. The molecule has 0 saturated heterocycles. The maximum Gasteiger partial charge on any atom is 0.0882 e. The monoisotopic (exact) mass is 518 g/mol. The minimum atomic E-state index is 0.292. The standard InChI is InChI=1S/C26H20N2S2.C5H6N2/c27-25-19(23-15-13-21(29-23)17-7-3-1-4-8-17)11-12-20(26(25)28)24-16-14-22(30-24)18-9-5-2-6-10-18;6-5-1-3-7-4-2-5/h1,3-5,7-16,27-28H,2,6H2;1-4H,(H2,6,7). The van der Waals surface area contributed by atoms with E-state index in [9.17, 15) is 0 Å². The van der Waals surface area contributed by atoms with E-state index < -0.39 is 0 Å². The zero-order chi connectivity index (χ0) is 25.6. The molecule has 182 valence electrons. The lowest BCUT2D eigenvalue weighted by Gasteiger charge is -2.15. The summed E-state index contributed by atoms with van der Waals surface area (Å²) in [5.74, 6) is 0. The van der Waals surface area contributed by atoms with E-state index in [4.69, 9.17) is 16.6 Å². The summed E-state index contributed by atoms with van der Waals surface area (Å²) in [5, 5.41) is 17.3. The lowest BCUT2D eigenvalue weighted by atomic mass is 9.92. The summed E-state index contributed by atoms with van der Waals surface area (Å²) in [5.41, 5.74) is 10.8. The Balaban J connectivity index is 0.000000348. The number of nitrogens with one attached hydrogen (secondary N) is 2. The van der Waals surface area contributed by atoms with E-state index in [1.54, 1.807) is 47.2 Å². The summed E-state index contributed by atoms with van der Waals surface area (Å²) < 4.78 is 0.